The highest BCUT2D eigenvalue weighted by Gasteiger charge is 1.79. The van der Waals surface area contributed by atoms with Gasteiger partial charge in [-0.3, -0.25) is 0 Å². The van der Waals surface area contributed by atoms with Crippen molar-refractivity contribution in [2.24, 2.45) is 5.73 Å². The topological polar surface area (TPSA) is 35.2 Å². The van der Waals surface area contributed by atoms with Gasteiger partial charge in [-0.2, -0.15) is 0 Å². The Balaban J connectivity index is 2.45. The van der Waals surface area contributed by atoms with Crippen molar-refractivity contribution in [2.45, 2.75) is 6.42 Å². The summed E-state index contributed by atoms with van der Waals surface area (Å²) in [7, 11) is 0. The second kappa shape index (κ2) is 6.21. The summed E-state index contributed by atoms with van der Waals surface area (Å²) in [5.41, 5.74) is 5.15. The van der Waals surface area contributed by atoms with E-state index in [1.54, 1.807) is 0 Å². The fourth-order valence-electron chi connectivity index (χ4n) is 0.240. The molecule has 3 heteroatoms. The summed E-state index contributed by atoms with van der Waals surface area (Å²) in [5.74, 6) is 0. The average Bonchev–Trinajstić information content (AvgIpc) is 1.69. The number of hydrogen-bond acceptors (Lipinski definition) is 2. The largest absolute Gasteiger partial charge is 0.366 e. The van der Waals surface area contributed by atoms with Crippen molar-refractivity contribution in [1.29, 1.82) is 0 Å². The Hall–Kier alpha value is 0.210. The number of alkyl halides is 1. The van der Waals surface area contributed by atoms with Crippen molar-refractivity contribution >= 4 is 11.6 Å². The molecule has 0 rings (SSSR count). The molecular weight excluding hydrogens is 114 g/mol. The van der Waals surface area contributed by atoms with E-state index in [4.69, 9.17) is 22.1 Å². The molecule has 0 aliphatic carbocycles. The van der Waals surface area contributed by atoms with Crippen molar-refractivity contribution in [3.05, 3.63) is 0 Å². The lowest BCUT2D eigenvalue weighted by molar-refractivity contribution is 0.178. The zero-order valence-corrected chi connectivity index (χ0v) is 4.95. The average molecular weight is 124 g/mol. The fraction of sp³-hybridized carbons (Fsp3) is 1.00. The lowest BCUT2D eigenvalue weighted by atomic mass is 10.5. The predicted molar refractivity (Wildman–Crippen MR) is 30.3 cm³/mol. The van der Waals surface area contributed by atoms with Crippen LogP contribution in [-0.2, 0) is 4.74 Å². The molecule has 0 aliphatic heterocycles. The molecule has 7 heavy (non-hydrogen) atoms. The summed E-state index contributed by atoms with van der Waals surface area (Å²) in [5, 5.41) is 0. The van der Waals surface area contributed by atoms with Gasteiger partial charge in [-0.05, 0) is 13.0 Å². The van der Waals surface area contributed by atoms with E-state index in [-0.39, 0.29) is 6.07 Å². The molecule has 0 aromatic carbocycles. The second-order valence-corrected chi connectivity index (χ2v) is 1.38. The summed E-state index contributed by atoms with van der Waals surface area (Å²) >= 11 is 5.17. The van der Waals surface area contributed by atoms with Crippen LogP contribution in [0.1, 0.15) is 6.42 Å². The predicted octanol–water partition coefficient (Wildman–Crippen LogP) is 0.548. The molecule has 44 valence electrons. The molecule has 0 aromatic heterocycles. The van der Waals surface area contributed by atoms with E-state index >= 15 is 0 Å². The van der Waals surface area contributed by atoms with Crippen molar-refractivity contribution < 1.29 is 4.74 Å². The van der Waals surface area contributed by atoms with Crippen LogP contribution in [0.3, 0.4) is 0 Å². The van der Waals surface area contributed by atoms with Crippen molar-refractivity contribution in [3.63, 3.8) is 0 Å². The third kappa shape index (κ3) is 6.21. The standard InChI is InChI=1S/C4H10ClNO/c5-4-7-3-1-2-6/h1-4,6H2. The molecule has 0 saturated heterocycles. The van der Waals surface area contributed by atoms with Gasteiger partial charge in [0, 0.05) is 6.61 Å². The van der Waals surface area contributed by atoms with E-state index in [1.807, 2.05) is 0 Å². The quantitative estimate of drug-likeness (QED) is 0.438. The Morgan fingerprint density at radius 2 is 2.29 bits per heavy atom. The SMILES string of the molecule is NCCCOCCl. The Labute approximate surface area is 48.6 Å². The van der Waals surface area contributed by atoms with Gasteiger partial charge < -0.3 is 10.5 Å². The number of rotatable bonds is 4. The highest BCUT2D eigenvalue weighted by atomic mass is 35.5. The zero-order chi connectivity index (χ0) is 5.54. The maximum absolute atomic E-state index is 5.17. The molecule has 0 saturated carbocycles. The Bertz CT molecular complexity index is 30.9. The van der Waals surface area contributed by atoms with E-state index in [0.717, 1.165) is 6.42 Å². The molecule has 0 aliphatic rings. The first-order chi connectivity index (χ1) is 3.41. The number of hydrogen-bond donors (Lipinski definition) is 1. The van der Waals surface area contributed by atoms with Gasteiger partial charge in [-0.25, -0.2) is 0 Å². The van der Waals surface area contributed by atoms with Crippen LogP contribution in [0.5, 0.6) is 0 Å². The van der Waals surface area contributed by atoms with Crippen LogP contribution >= 0.6 is 11.6 Å². The van der Waals surface area contributed by atoms with Gasteiger partial charge in [0.15, 0.2) is 0 Å². The monoisotopic (exact) mass is 123 g/mol. The van der Waals surface area contributed by atoms with Crippen LogP contribution in [0.15, 0.2) is 0 Å². The minimum Gasteiger partial charge on any atom is -0.366 e. The van der Waals surface area contributed by atoms with E-state index < -0.39 is 0 Å². The lowest BCUT2D eigenvalue weighted by Gasteiger charge is -1.93. The molecule has 0 spiro atoms. The molecule has 0 amide bonds. The van der Waals surface area contributed by atoms with Crippen LogP contribution in [0.25, 0.3) is 0 Å². The molecule has 0 radical (unpaired) electrons. The first kappa shape index (κ1) is 7.21. The number of halogens is 1. The van der Waals surface area contributed by atoms with Crippen molar-refractivity contribution in [2.75, 3.05) is 19.2 Å². The van der Waals surface area contributed by atoms with Gasteiger partial charge in [-0.1, -0.05) is 11.6 Å². The summed E-state index contributed by atoms with van der Waals surface area (Å²) in [6, 6.07) is 0.278. The highest BCUT2D eigenvalue weighted by molar-refractivity contribution is 6.17. The van der Waals surface area contributed by atoms with E-state index in [1.165, 1.54) is 0 Å². The van der Waals surface area contributed by atoms with Gasteiger partial charge in [0.25, 0.3) is 0 Å². The van der Waals surface area contributed by atoms with E-state index in [2.05, 4.69) is 0 Å². The third-order valence-electron chi connectivity index (χ3n) is 0.570. The Morgan fingerprint density at radius 1 is 1.57 bits per heavy atom. The van der Waals surface area contributed by atoms with Crippen molar-refractivity contribution in [3.8, 4) is 0 Å². The Morgan fingerprint density at radius 3 is 2.71 bits per heavy atom. The molecule has 0 heterocycles. The van der Waals surface area contributed by atoms with E-state index in [0.29, 0.717) is 13.2 Å². The van der Waals surface area contributed by atoms with Crippen LogP contribution in [0, 0.1) is 0 Å². The summed E-state index contributed by atoms with van der Waals surface area (Å²) < 4.78 is 4.76. The third-order valence-corrected chi connectivity index (χ3v) is 0.724. The minimum absolute atomic E-state index is 0.278. The molecule has 2 N–H and O–H groups in total. The molecule has 0 atom stereocenters. The second-order valence-electron chi connectivity index (χ2n) is 1.16. The first-order valence-corrected chi connectivity index (χ1v) is 2.79. The first-order valence-electron chi connectivity index (χ1n) is 2.25. The zero-order valence-electron chi connectivity index (χ0n) is 4.19. The van der Waals surface area contributed by atoms with Crippen LogP contribution in [-0.4, -0.2) is 19.2 Å². The van der Waals surface area contributed by atoms with Gasteiger partial charge in [0.05, 0.1) is 0 Å². The minimum atomic E-state index is 0.278. The molecule has 0 bridgehead atoms. The maximum atomic E-state index is 5.17. The number of ether oxygens (including phenoxy) is 1. The summed E-state index contributed by atoms with van der Waals surface area (Å²) in [6.45, 7) is 1.36. The highest BCUT2D eigenvalue weighted by Crippen LogP contribution is 1.80. The molecule has 0 fully saturated rings. The molecular formula is C4H10ClNO. The normalized spacial score (nSPS) is 9.43. The van der Waals surface area contributed by atoms with Gasteiger partial charge in [0.1, 0.15) is 6.07 Å². The van der Waals surface area contributed by atoms with Crippen LogP contribution in [0.2, 0.25) is 0 Å². The van der Waals surface area contributed by atoms with E-state index in [9.17, 15) is 0 Å². The lowest BCUT2D eigenvalue weighted by Crippen LogP contribution is -2.03. The molecule has 2 nitrogen and oxygen atoms in total. The maximum Gasteiger partial charge on any atom is 0.120 e. The Kier molecular flexibility index (Phi) is 6.40. The van der Waals surface area contributed by atoms with Crippen molar-refractivity contribution in [1.82, 2.24) is 0 Å². The van der Waals surface area contributed by atoms with Gasteiger partial charge >= 0.3 is 0 Å². The number of nitrogens with two attached hydrogens (primary N) is 1. The smallest absolute Gasteiger partial charge is 0.120 e. The summed E-state index contributed by atoms with van der Waals surface area (Å²) in [4.78, 5) is 0. The molecule has 0 aromatic rings. The van der Waals surface area contributed by atoms with Gasteiger partial charge in [0.2, 0.25) is 0 Å². The van der Waals surface area contributed by atoms with Crippen LogP contribution in [0.4, 0.5) is 0 Å². The molecule has 0 unspecified atom stereocenters. The summed E-state index contributed by atoms with van der Waals surface area (Å²) in [6.07, 6.45) is 0.896. The van der Waals surface area contributed by atoms with Gasteiger partial charge in [-0.15, -0.1) is 0 Å². The fourth-order valence-corrected chi connectivity index (χ4v) is 0.349. The van der Waals surface area contributed by atoms with Crippen LogP contribution < -0.4 is 5.73 Å².